The van der Waals surface area contributed by atoms with Crippen LogP contribution in [-0.2, 0) is 4.74 Å². The average molecular weight is 369 g/mol. The van der Waals surface area contributed by atoms with E-state index >= 15 is 0 Å². The first-order valence-corrected chi connectivity index (χ1v) is 10.9. The molecule has 1 saturated heterocycles. The van der Waals surface area contributed by atoms with Crippen LogP contribution in [-0.4, -0.2) is 49.2 Å². The zero-order valence-electron chi connectivity index (χ0n) is 16.5. The van der Waals surface area contributed by atoms with Crippen LogP contribution >= 0.6 is 0 Å². The third-order valence-electron chi connectivity index (χ3n) is 7.70. The molecule has 0 radical (unpaired) electrons. The van der Waals surface area contributed by atoms with Gasteiger partial charge < -0.3 is 9.64 Å². The molecule has 4 bridgehead atoms. The monoisotopic (exact) mass is 368 g/mol. The molecule has 1 heterocycles. The molecule has 1 aromatic rings. The number of hydrogen-bond donors (Lipinski definition) is 0. The van der Waals surface area contributed by atoms with Gasteiger partial charge >= 0.3 is 5.97 Å². The number of hydrogen-bond acceptors (Lipinski definition) is 4. The maximum Gasteiger partial charge on any atom is 0.338 e. The van der Waals surface area contributed by atoms with Crippen molar-refractivity contribution in [2.75, 3.05) is 37.7 Å². The van der Waals surface area contributed by atoms with Gasteiger partial charge in [-0.1, -0.05) is 0 Å². The minimum absolute atomic E-state index is 0.226. The van der Waals surface area contributed by atoms with E-state index in [-0.39, 0.29) is 5.97 Å². The van der Waals surface area contributed by atoms with Crippen molar-refractivity contribution in [2.45, 2.75) is 51.0 Å². The van der Waals surface area contributed by atoms with Crippen molar-refractivity contribution < 1.29 is 9.53 Å². The summed E-state index contributed by atoms with van der Waals surface area (Å²) in [6.45, 7) is 6.83. The number of rotatable bonds is 4. The van der Waals surface area contributed by atoms with Crippen LogP contribution in [0.4, 0.5) is 5.69 Å². The Bertz CT molecular complexity index is 656. The normalized spacial score (nSPS) is 35.4. The van der Waals surface area contributed by atoms with Crippen molar-refractivity contribution >= 4 is 11.7 Å². The van der Waals surface area contributed by atoms with Gasteiger partial charge in [0.05, 0.1) is 12.2 Å². The van der Waals surface area contributed by atoms with E-state index < -0.39 is 0 Å². The summed E-state index contributed by atoms with van der Waals surface area (Å²) in [4.78, 5) is 17.2. The van der Waals surface area contributed by atoms with E-state index in [1.54, 1.807) is 0 Å². The molecule has 0 N–H and O–H groups in total. The van der Waals surface area contributed by atoms with E-state index in [0.717, 1.165) is 30.8 Å². The molecule has 1 aromatic carbocycles. The van der Waals surface area contributed by atoms with Crippen LogP contribution in [0.1, 0.15) is 55.8 Å². The van der Waals surface area contributed by atoms with E-state index in [0.29, 0.717) is 17.7 Å². The zero-order valence-corrected chi connectivity index (χ0v) is 16.5. The Hall–Kier alpha value is -1.55. The molecule has 4 saturated carbocycles. The second-order valence-electron chi connectivity index (χ2n) is 9.38. The fourth-order valence-electron chi connectivity index (χ4n) is 6.91. The Kier molecular flexibility index (Phi) is 4.42. The van der Waals surface area contributed by atoms with E-state index in [1.807, 2.05) is 19.1 Å². The molecule has 0 spiro atoms. The maximum absolute atomic E-state index is 11.8. The summed E-state index contributed by atoms with van der Waals surface area (Å²) in [6.07, 6.45) is 8.96. The number of benzene rings is 1. The molecule has 0 amide bonds. The fourth-order valence-corrected chi connectivity index (χ4v) is 6.91. The predicted octanol–water partition coefficient (Wildman–Crippen LogP) is 3.95. The molecule has 0 atom stereocenters. The lowest BCUT2D eigenvalue weighted by Crippen LogP contribution is -2.63. The van der Waals surface area contributed by atoms with Gasteiger partial charge in [0.15, 0.2) is 0 Å². The van der Waals surface area contributed by atoms with Crippen LogP contribution in [0.15, 0.2) is 24.3 Å². The molecule has 146 valence electrons. The zero-order chi connectivity index (χ0) is 18.4. The third kappa shape index (κ3) is 3.16. The highest BCUT2D eigenvalue weighted by molar-refractivity contribution is 5.89. The van der Waals surface area contributed by atoms with Crippen LogP contribution in [0.5, 0.6) is 0 Å². The lowest BCUT2D eigenvalue weighted by atomic mass is 9.52. The van der Waals surface area contributed by atoms with Crippen molar-refractivity contribution in [3.63, 3.8) is 0 Å². The summed E-state index contributed by atoms with van der Waals surface area (Å²) in [5.41, 5.74) is 2.41. The number of anilines is 1. The molecule has 4 heteroatoms. The third-order valence-corrected chi connectivity index (χ3v) is 7.70. The molecule has 27 heavy (non-hydrogen) atoms. The number of nitrogens with zero attached hydrogens (tertiary/aromatic N) is 2. The van der Waals surface area contributed by atoms with Crippen LogP contribution in [0.3, 0.4) is 0 Å². The number of carbonyl (C=O) groups excluding carboxylic acids is 1. The summed E-state index contributed by atoms with van der Waals surface area (Å²) in [5, 5.41) is 0. The lowest BCUT2D eigenvalue weighted by molar-refractivity contribution is -0.0901. The molecule has 1 aliphatic heterocycles. The van der Waals surface area contributed by atoms with Crippen LogP contribution < -0.4 is 4.90 Å². The Balaban J connectivity index is 1.22. The Labute approximate surface area is 162 Å². The summed E-state index contributed by atoms with van der Waals surface area (Å²) < 4.78 is 5.09. The van der Waals surface area contributed by atoms with Gasteiger partial charge in [0, 0.05) is 37.4 Å². The number of carbonyl (C=O) groups is 1. The molecule has 5 aliphatic rings. The summed E-state index contributed by atoms with van der Waals surface area (Å²) >= 11 is 0. The van der Waals surface area contributed by atoms with Crippen LogP contribution in [0.25, 0.3) is 0 Å². The SMILES string of the molecule is CCOC(=O)c1ccc(N2CCN(C34CC5CC(CC(C5)C3)C4)CC2)cc1. The second-order valence-corrected chi connectivity index (χ2v) is 9.38. The topological polar surface area (TPSA) is 32.8 Å². The smallest absolute Gasteiger partial charge is 0.338 e. The largest absolute Gasteiger partial charge is 0.462 e. The number of piperazine rings is 1. The minimum Gasteiger partial charge on any atom is -0.462 e. The van der Waals surface area contributed by atoms with Crippen molar-refractivity contribution in [1.29, 1.82) is 0 Å². The van der Waals surface area contributed by atoms with Gasteiger partial charge in [-0.3, -0.25) is 4.90 Å². The predicted molar refractivity (Wildman–Crippen MR) is 107 cm³/mol. The average Bonchev–Trinajstić information content (AvgIpc) is 2.67. The first-order valence-electron chi connectivity index (χ1n) is 10.9. The first-order chi connectivity index (χ1) is 13.1. The van der Waals surface area contributed by atoms with Gasteiger partial charge in [-0.15, -0.1) is 0 Å². The molecule has 4 nitrogen and oxygen atoms in total. The van der Waals surface area contributed by atoms with Crippen molar-refractivity contribution in [3.05, 3.63) is 29.8 Å². The maximum atomic E-state index is 11.8. The summed E-state index contributed by atoms with van der Waals surface area (Å²) in [6, 6.07) is 7.96. The van der Waals surface area contributed by atoms with E-state index in [9.17, 15) is 4.79 Å². The van der Waals surface area contributed by atoms with Gasteiger partial charge in [-0.25, -0.2) is 4.79 Å². The number of ether oxygens (including phenoxy) is 1. The van der Waals surface area contributed by atoms with Gasteiger partial charge in [-0.2, -0.15) is 0 Å². The van der Waals surface area contributed by atoms with Gasteiger partial charge in [0.25, 0.3) is 0 Å². The number of esters is 1. The molecule has 0 aromatic heterocycles. The van der Waals surface area contributed by atoms with Crippen LogP contribution in [0, 0.1) is 17.8 Å². The molecule has 0 unspecified atom stereocenters. The minimum atomic E-state index is -0.226. The quantitative estimate of drug-likeness (QED) is 0.753. The molecule has 5 fully saturated rings. The van der Waals surface area contributed by atoms with E-state index in [1.165, 1.54) is 57.3 Å². The van der Waals surface area contributed by atoms with Gasteiger partial charge in [-0.05, 0) is 87.5 Å². The standard InChI is InChI=1S/C23H32N2O2/c1-2-27-22(26)20-3-5-21(6-4-20)24-7-9-25(10-8-24)23-14-17-11-18(15-23)13-19(12-17)16-23/h3-6,17-19H,2,7-16H2,1H3. The Morgan fingerprint density at radius 2 is 1.52 bits per heavy atom. The van der Waals surface area contributed by atoms with E-state index in [2.05, 4.69) is 21.9 Å². The molecular formula is C23H32N2O2. The van der Waals surface area contributed by atoms with Gasteiger partial charge in [0.2, 0.25) is 0 Å². The first kappa shape index (κ1) is 17.5. The lowest BCUT2D eigenvalue weighted by Gasteiger charge is -2.61. The Morgan fingerprint density at radius 1 is 0.963 bits per heavy atom. The van der Waals surface area contributed by atoms with E-state index in [4.69, 9.17) is 4.74 Å². The molecule has 4 aliphatic carbocycles. The highest BCUT2D eigenvalue weighted by Crippen LogP contribution is 2.57. The molecule has 6 rings (SSSR count). The highest BCUT2D eigenvalue weighted by Gasteiger charge is 2.53. The van der Waals surface area contributed by atoms with Gasteiger partial charge in [0.1, 0.15) is 0 Å². The summed E-state index contributed by atoms with van der Waals surface area (Å²) in [5.74, 6) is 2.83. The molecular weight excluding hydrogens is 336 g/mol. The highest BCUT2D eigenvalue weighted by atomic mass is 16.5. The van der Waals surface area contributed by atoms with Crippen molar-refractivity contribution in [3.8, 4) is 0 Å². The summed E-state index contributed by atoms with van der Waals surface area (Å²) in [7, 11) is 0. The Morgan fingerprint density at radius 3 is 2.04 bits per heavy atom. The van der Waals surface area contributed by atoms with Crippen molar-refractivity contribution in [1.82, 2.24) is 4.90 Å². The van der Waals surface area contributed by atoms with Crippen molar-refractivity contribution in [2.24, 2.45) is 17.8 Å². The second kappa shape index (κ2) is 6.80. The van der Waals surface area contributed by atoms with Crippen LogP contribution in [0.2, 0.25) is 0 Å². The fraction of sp³-hybridized carbons (Fsp3) is 0.696.